The largest absolute Gasteiger partial charge is 0.508 e. The van der Waals surface area contributed by atoms with Crippen LogP contribution in [0.5, 0.6) is 5.75 Å². The summed E-state index contributed by atoms with van der Waals surface area (Å²) >= 11 is 5.84. The molecule has 1 aromatic carbocycles. The number of carbonyl (C=O) groups is 1. The standard InChI is InChI=1S/C10H11ClO3/c1-14-10(13)5-3-7-2-4-8(12)6-9(7)11/h2,4,6,12H,3,5H2,1H3. The van der Waals surface area contributed by atoms with E-state index in [1.807, 2.05) is 0 Å². The van der Waals surface area contributed by atoms with E-state index in [9.17, 15) is 4.79 Å². The summed E-state index contributed by atoms with van der Waals surface area (Å²) in [6.07, 6.45) is 0.812. The van der Waals surface area contributed by atoms with Crippen molar-refractivity contribution >= 4 is 17.6 Å². The van der Waals surface area contributed by atoms with Gasteiger partial charge in [0.1, 0.15) is 5.75 Å². The van der Waals surface area contributed by atoms with Crippen LogP contribution >= 0.6 is 11.6 Å². The van der Waals surface area contributed by atoms with E-state index < -0.39 is 0 Å². The van der Waals surface area contributed by atoms with E-state index in [4.69, 9.17) is 16.7 Å². The molecule has 0 aromatic heterocycles. The van der Waals surface area contributed by atoms with Crippen LogP contribution in [0.1, 0.15) is 12.0 Å². The minimum atomic E-state index is -0.269. The lowest BCUT2D eigenvalue weighted by Gasteiger charge is -2.03. The molecule has 4 heteroatoms. The van der Waals surface area contributed by atoms with E-state index >= 15 is 0 Å². The second-order valence-corrected chi connectivity index (χ2v) is 3.26. The fourth-order valence-electron chi connectivity index (χ4n) is 1.08. The highest BCUT2D eigenvalue weighted by molar-refractivity contribution is 6.31. The minimum absolute atomic E-state index is 0.122. The Morgan fingerprint density at radius 3 is 2.86 bits per heavy atom. The molecular formula is C10H11ClO3. The molecule has 0 atom stereocenters. The third kappa shape index (κ3) is 2.92. The van der Waals surface area contributed by atoms with Crippen LogP contribution in [0.4, 0.5) is 0 Å². The highest BCUT2D eigenvalue weighted by Gasteiger charge is 2.05. The van der Waals surface area contributed by atoms with Crippen LogP contribution < -0.4 is 0 Å². The number of halogens is 1. The number of esters is 1. The van der Waals surface area contributed by atoms with E-state index in [2.05, 4.69) is 4.74 Å². The number of methoxy groups -OCH3 is 1. The first-order chi connectivity index (χ1) is 6.63. The summed E-state index contributed by atoms with van der Waals surface area (Å²) < 4.78 is 4.50. The molecule has 0 aliphatic heterocycles. The molecule has 0 saturated heterocycles. The third-order valence-corrected chi connectivity index (χ3v) is 2.21. The first-order valence-corrected chi connectivity index (χ1v) is 4.55. The molecule has 14 heavy (non-hydrogen) atoms. The SMILES string of the molecule is COC(=O)CCc1ccc(O)cc1Cl. The summed E-state index contributed by atoms with van der Waals surface area (Å²) in [4.78, 5) is 10.8. The Bertz CT molecular complexity index is 336. The number of phenols is 1. The van der Waals surface area contributed by atoms with E-state index in [0.717, 1.165) is 5.56 Å². The van der Waals surface area contributed by atoms with E-state index in [1.54, 1.807) is 12.1 Å². The molecule has 0 spiro atoms. The zero-order valence-corrected chi connectivity index (χ0v) is 8.54. The first kappa shape index (κ1) is 10.9. The molecule has 1 aromatic rings. The number of aryl methyl sites for hydroxylation is 1. The monoisotopic (exact) mass is 214 g/mol. The zero-order chi connectivity index (χ0) is 10.6. The van der Waals surface area contributed by atoms with Gasteiger partial charge in [0.25, 0.3) is 0 Å². The summed E-state index contributed by atoms with van der Waals surface area (Å²) in [6.45, 7) is 0. The Morgan fingerprint density at radius 2 is 2.29 bits per heavy atom. The minimum Gasteiger partial charge on any atom is -0.508 e. The van der Waals surface area contributed by atoms with E-state index in [0.29, 0.717) is 17.9 Å². The zero-order valence-electron chi connectivity index (χ0n) is 7.79. The van der Waals surface area contributed by atoms with Crippen LogP contribution in [0.2, 0.25) is 5.02 Å². The van der Waals surface area contributed by atoms with Gasteiger partial charge in [-0.1, -0.05) is 17.7 Å². The van der Waals surface area contributed by atoms with Crippen LogP contribution in [-0.4, -0.2) is 18.2 Å². The smallest absolute Gasteiger partial charge is 0.305 e. The molecule has 0 amide bonds. The predicted octanol–water partition coefficient (Wildman–Crippen LogP) is 2.15. The molecular weight excluding hydrogens is 204 g/mol. The molecule has 1 rings (SSSR count). The number of phenolic OH excluding ortho intramolecular Hbond substituents is 1. The lowest BCUT2D eigenvalue weighted by atomic mass is 10.1. The molecule has 0 aliphatic rings. The number of benzene rings is 1. The Labute approximate surface area is 87.3 Å². The van der Waals surface area contributed by atoms with Gasteiger partial charge in [-0.2, -0.15) is 0 Å². The van der Waals surface area contributed by atoms with E-state index in [1.165, 1.54) is 13.2 Å². The molecule has 0 aliphatic carbocycles. The molecule has 1 N–H and O–H groups in total. The number of carbonyl (C=O) groups excluding carboxylic acids is 1. The molecule has 0 heterocycles. The van der Waals surface area contributed by atoms with E-state index in [-0.39, 0.29) is 11.7 Å². The lowest BCUT2D eigenvalue weighted by molar-refractivity contribution is -0.140. The molecule has 3 nitrogen and oxygen atoms in total. The molecule has 0 bridgehead atoms. The fraction of sp³-hybridized carbons (Fsp3) is 0.300. The number of hydrogen-bond donors (Lipinski definition) is 1. The average Bonchev–Trinajstić information content (AvgIpc) is 2.16. The summed E-state index contributed by atoms with van der Waals surface area (Å²) in [6, 6.07) is 4.69. The van der Waals surface area contributed by atoms with Crippen molar-refractivity contribution < 1.29 is 14.6 Å². The molecule has 0 fully saturated rings. The number of ether oxygens (including phenoxy) is 1. The van der Waals surface area contributed by atoms with Gasteiger partial charge in [0.2, 0.25) is 0 Å². The maximum atomic E-state index is 10.8. The van der Waals surface area contributed by atoms with Crippen molar-refractivity contribution in [3.63, 3.8) is 0 Å². The van der Waals surface area contributed by atoms with Crippen molar-refractivity contribution in [3.05, 3.63) is 28.8 Å². The Hall–Kier alpha value is -1.22. The molecule has 0 saturated carbocycles. The van der Waals surface area contributed by atoms with Gasteiger partial charge in [0.05, 0.1) is 7.11 Å². The lowest BCUT2D eigenvalue weighted by Crippen LogP contribution is -2.02. The van der Waals surface area contributed by atoms with Crippen molar-refractivity contribution in [3.8, 4) is 5.75 Å². The first-order valence-electron chi connectivity index (χ1n) is 4.17. The number of hydrogen-bond acceptors (Lipinski definition) is 3. The van der Waals surface area contributed by atoms with Crippen LogP contribution in [0.15, 0.2) is 18.2 Å². The highest BCUT2D eigenvalue weighted by atomic mass is 35.5. The van der Waals surface area contributed by atoms with Crippen LogP contribution in [0, 0.1) is 0 Å². The predicted molar refractivity (Wildman–Crippen MR) is 53.5 cm³/mol. The van der Waals surface area contributed by atoms with Gasteiger partial charge in [-0.05, 0) is 24.1 Å². The third-order valence-electron chi connectivity index (χ3n) is 1.86. The van der Waals surface area contributed by atoms with Crippen LogP contribution in [0.3, 0.4) is 0 Å². The summed E-state index contributed by atoms with van der Waals surface area (Å²) in [5.74, 6) is -0.147. The Kier molecular flexibility index (Phi) is 3.77. The van der Waals surface area contributed by atoms with Gasteiger partial charge in [-0.15, -0.1) is 0 Å². The summed E-state index contributed by atoms with van der Waals surface area (Å²) in [5.41, 5.74) is 0.829. The van der Waals surface area contributed by atoms with Crippen molar-refractivity contribution in [2.75, 3.05) is 7.11 Å². The second-order valence-electron chi connectivity index (χ2n) is 2.85. The van der Waals surface area contributed by atoms with Gasteiger partial charge >= 0.3 is 5.97 Å². The van der Waals surface area contributed by atoms with Crippen molar-refractivity contribution in [2.45, 2.75) is 12.8 Å². The van der Waals surface area contributed by atoms with Crippen LogP contribution in [-0.2, 0) is 16.0 Å². The maximum absolute atomic E-state index is 10.8. The quantitative estimate of drug-likeness (QED) is 0.785. The fourth-order valence-corrected chi connectivity index (χ4v) is 1.35. The maximum Gasteiger partial charge on any atom is 0.305 e. The van der Waals surface area contributed by atoms with Crippen LogP contribution in [0.25, 0.3) is 0 Å². The second kappa shape index (κ2) is 4.86. The number of aromatic hydroxyl groups is 1. The van der Waals surface area contributed by atoms with Gasteiger partial charge in [-0.3, -0.25) is 4.79 Å². The van der Waals surface area contributed by atoms with Crippen molar-refractivity contribution in [1.82, 2.24) is 0 Å². The molecule has 0 unspecified atom stereocenters. The normalized spacial score (nSPS) is 9.86. The Morgan fingerprint density at radius 1 is 1.57 bits per heavy atom. The average molecular weight is 215 g/mol. The number of rotatable bonds is 3. The van der Waals surface area contributed by atoms with Gasteiger partial charge in [-0.25, -0.2) is 0 Å². The summed E-state index contributed by atoms with van der Waals surface area (Å²) in [7, 11) is 1.35. The van der Waals surface area contributed by atoms with Gasteiger partial charge < -0.3 is 9.84 Å². The van der Waals surface area contributed by atoms with Gasteiger partial charge in [0, 0.05) is 11.4 Å². The van der Waals surface area contributed by atoms with Crippen molar-refractivity contribution in [1.29, 1.82) is 0 Å². The molecule has 76 valence electrons. The summed E-state index contributed by atoms with van der Waals surface area (Å²) in [5, 5.41) is 9.55. The van der Waals surface area contributed by atoms with Gasteiger partial charge in [0.15, 0.2) is 0 Å². The topological polar surface area (TPSA) is 46.5 Å². The molecule has 0 radical (unpaired) electrons. The highest BCUT2D eigenvalue weighted by Crippen LogP contribution is 2.22. The Balaban J connectivity index is 2.63. The van der Waals surface area contributed by atoms with Crippen molar-refractivity contribution in [2.24, 2.45) is 0 Å².